The van der Waals surface area contributed by atoms with Gasteiger partial charge in [0.05, 0.1) is 12.1 Å². The van der Waals surface area contributed by atoms with Crippen molar-refractivity contribution in [2.24, 2.45) is 5.92 Å². The van der Waals surface area contributed by atoms with Crippen LogP contribution in [0.15, 0.2) is 89.8 Å². The second-order valence-electron chi connectivity index (χ2n) is 9.03. The molecule has 186 valence electrons. The maximum absolute atomic E-state index is 13.0. The number of Topliss-reactive ketones (excluding diaryl/α,β-unsaturated/α-hetero) is 1. The number of aliphatic hydroxyl groups excluding tert-OH is 2. The number of carbonyl (C=O) groups excluding carboxylic acids is 2. The number of benzene rings is 1. The number of hydrogen-bond donors (Lipinski definition) is 3. The molecule has 0 unspecified atom stereocenters. The third-order valence-electron chi connectivity index (χ3n) is 6.33. The lowest BCUT2D eigenvalue weighted by Gasteiger charge is -2.17. The van der Waals surface area contributed by atoms with Gasteiger partial charge in [0.15, 0.2) is 5.78 Å². The lowest BCUT2D eigenvalue weighted by atomic mass is 9.92. The summed E-state index contributed by atoms with van der Waals surface area (Å²) in [5.74, 6) is -0.790. The van der Waals surface area contributed by atoms with Crippen molar-refractivity contribution < 1.29 is 24.5 Å². The van der Waals surface area contributed by atoms with Crippen molar-refractivity contribution in [3.05, 3.63) is 95.3 Å². The van der Waals surface area contributed by atoms with E-state index >= 15 is 0 Å². The highest BCUT2D eigenvalue weighted by Crippen LogP contribution is 2.36. The number of amides is 1. The number of rotatable bonds is 2. The summed E-state index contributed by atoms with van der Waals surface area (Å²) in [6.45, 7) is 1.90. The summed E-state index contributed by atoms with van der Waals surface area (Å²) in [4.78, 5) is 25.5. The SMILES string of the molecule is CO[C@@H]1C[C@@H]2C=C(C)C=CC=CC(=O)N[C@@H](c3ccccc3)CC=CCC[C@H](O)CC(=O)C2=C1O. The number of nitrogens with one attached hydrogen (secondary N) is 1. The van der Waals surface area contributed by atoms with E-state index in [1.807, 2.05) is 61.6 Å². The Labute approximate surface area is 207 Å². The van der Waals surface area contributed by atoms with Gasteiger partial charge in [0.25, 0.3) is 0 Å². The number of carbonyl (C=O) groups is 2. The number of allylic oxidation sites excluding steroid dienone is 7. The van der Waals surface area contributed by atoms with Crippen LogP contribution in [0.25, 0.3) is 0 Å². The van der Waals surface area contributed by atoms with Gasteiger partial charge >= 0.3 is 0 Å². The van der Waals surface area contributed by atoms with E-state index in [1.54, 1.807) is 12.2 Å². The van der Waals surface area contributed by atoms with Gasteiger partial charge in [-0.25, -0.2) is 0 Å². The molecule has 6 nitrogen and oxygen atoms in total. The Morgan fingerprint density at radius 3 is 2.54 bits per heavy atom. The highest BCUT2D eigenvalue weighted by Gasteiger charge is 2.36. The minimum Gasteiger partial charge on any atom is -0.509 e. The number of hydrogen-bond acceptors (Lipinski definition) is 5. The van der Waals surface area contributed by atoms with Crippen LogP contribution >= 0.6 is 0 Å². The quantitative estimate of drug-likeness (QED) is 0.532. The Balaban J connectivity index is 1.84. The average molecular weight is 478 g/mol. The van der Waals surface area contributed by atoms with Crippen molar-refractivity contribution >= 4 is 11.7 Å². The first-order valence-corrected chi connectivity index (χ1v) is 12.1. The molecular weight excluding hydrogens is 442 g/mol. The minimum absolute atomic E-state index is 0.0444. The van der Waals surface area contributed by atoms with E-state index in [4.69, 9.17) is 4.74 Å². The van der Waals surface area contributed by atoms with Gasteiger partial charge in [-0.1, -0.05) is 72.4 Å². The van der Waals surface area contributed by atoms with E-state index in [2.05, 4.69) is 5.32 Å². The Morgan fingerprint density at radius 2 is 1.80 bits per heavy atom. The number of ether oxygens (including phenoxy) is 1. The highest BCUT2D eigenvalue weighted by molar-refractivity contribution is 5.97. The summed E-state index contributed by atoms with van der Waals surface area (Å²) in [5, 5.41) is 24.1. The Bertz CT molecular complexity index is 1030. The minimum atomic E-state index is -0.810. The van der Waals surface area contributed by atoms with E-state index in [0.29, 0.717) is 31.3 Å². The summed E-state index contributed by atoms with van der Waals surface area (Å²) in [6.07, 6.45) is 13.4. The fourth-order valence-electron chi connectivity index (χ4n) is 4.50. The zero-order valence-corrected chi connectivity index (χ0v) is 20.4. The van der Waals surface area contributed by atoms with Gasteiger partial charge in [-0.2, -0.15) is 0 Å². The van der Waals surface area contributed by atoms with Crippen LogP contribution in [0.3, 0.4) is 0 Å². The first-order chi connectivity index (χ1) is 16.9. The van der Waals surface area contributed by atoms with Crippen LogP contribution in [0.4, 0.5) is 0 Å². The van der Waals surface area contributed by atoms with Gasteiger partial charge in [0, 0.05) is 31.1 Å². The summed E-state index contributed by atoms with van der Waals surface area (Å²) < 4.78 is 5.35. The van der Waals surface area contributed by atoms with E-state index in [1.165, 1.54) is 13.2 Å². The molecule has 1 aromatic rings. The van der Waals surface area contributed by atoms with Gasteiger partial charge in [-0.15, -0.1) is 0 Å². The van der Waals surface area contributed by atoms with Crippen LogP contribution in [-0.2, 0) is 14.3 Å². The Hall–Kier alpha value is -3.22. The first kappa shape index (κ1) is 26.4. The van der Waals surface area contributed by atoms with Crippen LogP contribution in [-0.4, -0.2) is 41.2 Å². The van der Waals surface area contributed by atoms with Crippen molar-refractivity contribution in [1.29, 1.82) is 0 Å². The monoisotopic (exact) mass is 477 g/mol. The molecule has 1 aliphatic carbocycles. The van der Waals surface area contributed by atoms with Crippen LogP contribution in [0.2, 0.25) is 0 Å². The Kier molecular flexibility index (Phi) is 9.82. The van der Waals surface area contributed by atoms with Crippen molar-refractivity contribution in [3.63, 3.8) is 0 Å². The Morgan fingerprint density at radius 1 is 1.06 bits per heavy atom. The highest BCUT2D eigenvalue weighted by atomic mass is 16.5. The maximum Gasteiger partial charge on any atom is 0.244 e. The molecule has 0 saturated carbocycles. The summed E-state index contributed by atoms with van der Waals surface area (Å²) in [5.41, 5.74) is 2.22. The van der Waals surface area contributed by atoms with Crippen LogP contribution < -0.4 is 5.32 Å². The predicted molar refractivity (Wildman–Crippen MR) is 137 cm³/mol. The van der Waals surface area contributed by atoms with Crippen LogP contribution in [0.1, 0.15) is 50.6 Å². The van der Waals surface area contributed by atoms with E-state index in [0.717, 1.165) is 11.1 Å². The number of methoxy groups -OCH3 is 1. The molecule has 0 aromatic heterocycles. The molecule has 0 saturated heterocycles. The second kappa shape index (κ2) is 13.0. The summed E-state index contributed by atoms with van der Waals surface area (Å²) in [6, 6.07) is 9.61. The lowest BCUT2D eigenvalue weighted by Crippen LogP contribution is -2.26. The maximum atomic E-state index is 13.0. The van der Waals surface area contributed by atoms with Crippen molar-refractivity contribution in [2.75, 3.05) is 7.11 Å². The van der Waals surface area contributed by atoms with Crippen LogP contribution in [0.5, 0.6) is 0 Å². The second-order valence-corrected chi connectivity index (χ2v) is 9.03. The molecule has 3 N–H and O–H groups in total. The number of fused-ring (bicyclic) bond motifs is 1. The summed E-state index contributed by atoms with van der Waals surface area (Å²) in [7, 11) is 1.51. The molecule has 6 heteroatoms. The standard InChI is InChI=1S/C29H35NO5/c1-20-11-9-10-16-27(33)30-24(21-12-5-3-6-13-21)15-8-4-7-14-23(31)19-25(32)28-22(17-20)18-26(35-2)29(28)34/h3-6,8-13,16-17,22-24,26,31,34H,7,14-15,18-19H2,1-2H3,(H,30,33)/t22-,23-,24+,26+/m0/s1. The van der Waals surface area contributed by atoms with Crippen molar-refractivity contribution in [3.8, 4) is 0 Å². The molecule has 1 amide bonds. The predicted octanol–water partition coefficient (Wildman–Crippen LogP) is 4.81. The van der Waals surface area contributed by atoms with Gasteiger partial charge < -0.3 is 20.3 Å². The molecule has 35 heavy (non-hydrogen) atoms. The molecule has 0 spiro atoms. The number of ketones is 1. The van der Waals surface area contributed by atoms with Crippen molar-refractivity contribution in [2.45, 2.75) is 57.3 Å². The molecular formula is C29H35NO5. The smallest absolute Gasteiger partial charge is 0.244 e. The van der Waals surface area contributed by atoms with Gasteiger partial charge in [-0.05, 0) is 38.2 Å². The lowest BCUT2D eigenvalue weighted by molar-refractivity contribution is -0.118. The van der Waals surface area contributed by atoms with Gasteiger partial charge in [-0.3, -0.25) is 9.59 Å². The fourth-order valence-corrected chi connectivity index (χ4v) is 4.50. The topological polar surface area (TPSA) is 95.9 Å². The zero-order chi connectivity index (χ0) is 25.2. The molecule has 1 heterocycles. The van der Waals surface area contributed by atoms with Gasteiger partial charge in [0.1, 0.15) is 11.9 Å². The normalized spacial score (nSPS) is 27.0. The molecule has 3 rings (SSSR count). The zero-order valence-electron chi connectivity index (χ0n) is 20.4. The van der Waals surface area contributed by atoms with Crippen molar-refractivity contribution in [1.82, 2.24) is 5.32 Å². The van der Waals surface area contributed by atoms with E-state index < -0.39 is 12.2 Å². The fraction of sp³-hybridized carbons (Fsp3) is 0.379. The third-order valence-corrected chi connectivity index (χ3v) is 6.33. The molecule has 1 aromatic carbocycles. The molecule has 0 radical (unpaired) electrons. The third kappa shape index (κ3) is 7.64. The molecule has 2 aliphatic rings. The molecule has 0 fully saturated rings. The van der Waals surface area contributed by atoms with E-state index in [9.17, 15) is 19.8 Å². The number of aliphatic hydroxyl groups is 2. The molecule has 1 aliphatic heterocycles. The van der Waals surface area contributed by atoms with E-state index in [-0.39, 0.29) is 35.8 Å². The van der Waals surface area contributed by atoms with Crippen LogP contribution in [0, 0.1) is 5.92 Å². The molecule has 0 bridgehead atoms. The molecule has 4 atom stereocenters. The summed E-state index contributed by atoms with van der Waals surface area (Å²) >= 11 is 0. The first-order valence-electron chi connectivity index (χ1n) is 12.1. The average Bonchev–Trinajstić information content (AvgIpc) is 3.15. The largest absolute Gasteiger partial charge is 0.509 e. The van der Waals surface area contributed by atoms with Gasteiger partial charge in [0.2, 0.25) is 5.91 Å².